The van der Waals surface area contributed by atoms with Crippen LogP contribution in [-0.4, -0.2) is 4.98 Å². The van der Waals surface area contributed by atoms with Crippen LogP contribution in [0.1, 0.15) is 18.9 Å². The summed E-state index contributed by atoms with van der Waals surface area (Å²) in [5.41, 5.74) is 7.75. The number of nitrogens with zero attached hydrogens (tertiary/aromatic N) is 1. The fraction of sp³-hybridized carbons (Fsp3) is 0.250. The Kier molecular flexibility index (Phi) is 3.15. The number of halogens is 1. The highest BCUT2D eigenvalue weighted by molar-refractivity contribution is 9.10. The van der Waals surface area contributed by atoms with Crippen LogP contribution in [0, 0.1) is 0 Å². The first-order chi connectivity index (χ1) is 7.47. The first-order valence-corrected chi connectivity index (χ1v) is 6.65. The van der Waals surface area contributed by atoms with Crippen LogP contribution >= 0.6 is 27.3 Å². The third kappa shape index (κ3) is 2.51. The van der Waals surface area contributed by atoms with E-state index in [1.165, 1.54) is 0 Å². The zero-order valence-electron chi connectivity index (χ0n) is 9.20. The molecule has 0 saturated carbocycles. The smallest absolute Gasteiger partial charge is 0.113 e. The van der Waals surface area contributed by atoms with Gasteiger partial charge in [0.25, 0.3) is 0 Å². The number of aromatic nitrogens is 1. The number of hydrogen-bond acceptors (Lipinski definition) is 3. The van der Waals surface area contributed by atoms with E-state index < -0.39 is 0 Å². The summed E-state index contributed by atoms with van der Waals surface area (Å²) in [5, 5.41) is 3.01. The Morgan fingerprint density at radius 2 is 2.12 bits per heavy atom. The molecule has 0 fully saturated rings. The van der Waals surface area contributed by atoms with Gasteiger partial charge in [-0.05, 0) is 26.0 Å². The van der Waals surface area contributed by atoms with Crippen LogP contribution in [0.15, 0.2) is 34.1 Å². The lowest BCUT2D eigenvalue weighted by Gasteiger charge is -2.13. The zero-order chi connectivity index (χ0) is 11.8. The van der Waals surface area contributed by atoms with Crippen molar-refractivity contribution in [1.82, 2.24) is 4.98 Å². The number of nitrogens with two attached hydrogens (primary N) is 1. The van der Waals surface area contributed by atoms with E-state index in [0.29, 0.717) is 0 Å². The highest BCUT2D eigenvalue weighted by atomic mass is 79.9. The minimum absolute atomic E-state index is 0.366. The first-order valence-electron chi connectivity index (χ1n) is 4.97. The van der Waals surface area contributed by atoms with Gasteiger partial charge in [0.05, 0.1) is 11.2 Å². The van der Waals surface area contributed by atoms with Crippen molar-refractivity contribution < 1.29 is 0 Å². The second kappa shape index (κ2) is 4.28. The Morgan fingerprint density at radius 1 is 1.38 bits per heavy atom. The summed E-state index contributed by atoms with van der Waals surface area (Å²) in [6.45, 7) is 3.94. The van der Waals surface area contributed by atoms with Gasteiger partial charge in [-0.25, -0.2) is 4.98 Å². The second-order valence-electron chi connectivity index (χ2n) is 4.27. The standard InChI is InChI=1S/C12H13BrN2S/c1-12(2,14)11-15-10(7-16-11)8-4-3-5-9(13)6-8/h3-7H,14H2,1-2H3. The molecule has 0 aliphatic heterocycles. The molecule has 0 spiro atoms. The molecule has 0 atom stereocenters. The van der Waals surface area contributed by atoms with E-state index in [-0.39, 0.29) is 5.54 Å². The van der Waals surface area contributed by atoms with E-state index in [4.69, 9.17) is 5.73 Å². The van der Waals surface area contributed by atoms with Crippen LogP contribution < -0.4 is 5.73 Å². The molecule has 16 heavy (non-hydrogen) atoms. The van der Waals surface area contributed by atoms with Crippen molar-refractivity contribution in [3.05, 3.63) is 39.1 Å². The maximum atomic E-state index is 6.02. The lowest BCUT2D eigenvalue weighted by Crippen LogP contribution is -2.28. The molecule has 4 heteroatoms. The molecule has 1 heterocycles. The summed E-state index contributed by atoms with van der Waals surface area (Å²) in [6, 6.07) is 8.12. The molecular weight excluding hydrogens is 284 g/mol. The van der Waals surface area contributed by atoms with Gasteiger partial charge in [-0.1, -0.05) is 28.1 Å². The molecule has 1 aromatic heterocycles. The predicted octanol–water partition coefficient (Wildman–Crippen LogP) is 3.77. The van der Waals surface area contributed by atoms with Crippen molar-refractivity contribution in [2.75, 3.05) is 0 Å². The summed E-state index contributed by atoms with van der Waals surface area (Å²) < 4.78 is 1.06. The summed E-state index contributed by atoms with van der Waals surface area (Å²) in [6.07, 6.45) is 0. The van der Waals surface area contributed by atoms with Gasteiger partial charge in [0.2, 0.25) is 0 Å². The highest BCUT2D eigenvalue weighted by Gasteiger charge is 2.18. The van der Waals surface area contributed by atoms with Crippen molar-refractivity contribution in [2.45, 2.75) is 19.4 Å². The monoisotopic (exact) mass is 296 g/mol. The van der Waals surface area contributed by atoms with Crippen molar-refractivity contribution in [1.29, 1.82) is 0 Å². The molecule has 0 saturated heterocycles. The van der Waals surface area contributed by atoms with Crippen molar-refractivity contribution in [3.63, 3.8) is 0 Å². The molecule has 0 unspecified atom stereocenters. The van der Waals surface area contributed by atoms with Crippen LogP contribution in [0.4, 0.5) is 0 Å². The topological polar surface area (TPSA) is 38.9 Å². The Morgan fingerprint density at radius 3 is 2.69 bits per heavy atom. The van der Waals surface area contributed by atoms with Crippen molar-refractivity contribution >= 4 is 27.3 Å². The second-order valence-corrected chi connectivity index (χ2v) is 6.04. The summed E-state index contributed by atoms with van der Waals surface area (Å²) in [4.78, 5) is 4.57. The molecule has 0 aliphatic rings. The van der Waals surface area contributed by atoms with E-state index in [0.717, 1.165) is 20.7 Å². The van der Waals surface area contributed by atoms with Crippen molar-refractivity contribution in [3.8, 4) is 11.3 Å². The van der Waals surface area contributed by atoms with E-state index in [2.05, 4.69) is 27.0 Å². The minimum Gasteiger partial charge on any atom is -0.320 e. The molecule has 1 aromatic carbocycles. The highest BCUT2D eigenvalue weighted by Crippen LogP contribution is 2.28. The van der Waals surface area contributed by atoms with E-state index in [1.807, 2.05) is 37.4 Å². The van der Waals surface area contributed by atoms with Gasteiger partial charge >= 0.3 is 0 Å². The molecule has 2 N–H and O–H groups in total. The third-order valence-corrected chi connectivity index (χ3v) is 3.85. The summed E-state index contributed by atoms with van der Waals surface area (Å²) >= 11 is 5.06. The summed E-state index contributed by atoms with van der Waals surface area (Å²) in [5.74, 6) is 0. The van der Waals surface area contributed by atoms with Crippen molar-refractivity contribution in [2.24, 2.45) is 5.73 Å². The van der Waals surface area contributed by atoms with Crippen LogP contribution in [-0.2, 0) is 5.54 Å². The molecule has 84 valence electrons. The molecule has 0 aliphatic carbocycles. The van der Waals surface area contributed by atoms with Gasteiger partial charge in [0.1, 0.15) is 5.01 Å². The summed E-state index contributed by atoms with van der Waals surface area (Å²) in [7, 11) is 0. The SMILES string of the molecule is CC(C)(N)c1nc(-c2cccc(Br)c2)cs1. The molecule has 0 amide bonds. The average molecular weight is 297 g/mol. The molecular formula is C12H13BrN2S. The van der Waals surface area contributed by atoms with Crippen LogP contribution in [0.5, 0.6) is 0 Å². The fourth-order valence-corrected chi connectivity index (χ4v) is 2.62. The van der Waals surface area contributed by atoms with Gasteiger partial charge < -0.3 is 5.73 Å². The zero-order valence-corrected chi connectivity index (χ0v) is 11.6. The molecule has 2 aromatic rings. The number of benzene rings is 1. The van der Waals surface area contributed by atoms with Gasteiger partial charge in [0, 0.05) is 15.4 Å². The molecule has 2 nitrogen and oxygen atoms in total. The molecule has 0 radical (unpaired) electrons. The third-order valence-electron chi connectivity index (χ3n) is 2.18. The van der Waals surface area contributed by atoms with Gasteiger partial charge in [-0.3, -0.25) is 0 Å². The minimum atomic E-state index is -0.366. The normalized spacial score (nSPS) is 11.8. The largest absolute Gasteiger partial charge is 0.320 e. The molecule has 2 rings (SSSR count). The number of thiazole rings is 1. The van der Waals surface area contributed by atoms with Crippen LogP contribution in [0.3, 0.4) is 0 Å². The predicted molar refractivity (Wildman–Crippen MR) is 72.5 cm³/mol. The van der Waals surface area contributed by atoms with Gasteiger partial charge in [-0.2, -0.15) is 0 Å². The first kappa shape index (κ1) is 11.8. The Bertz CT molecular complexity index is 500. The van der Waals surface area contributed by atoms with E-state index in [1.54, 1.807) is 11.3 Å². The van der Waals surface area contributed by atoms with Crippen LogP contribution in [0.25, 0.3) is 11.3 Å². The number of rotatable bonds is 2. The Hall–Kier alpha value is -0.710. The van der Waals surface area contributed by atoms with Crippen LogP contribution in [0.2, 0.25) is 0 Å². The lowest BCUT2D eigenvalue weighted by atomic mass is 10.1. The average Bonchev–Trinajstić information content (AvgIpc) is 2.65. The Balaban J connectivity index is 2.39. The maximum Gasteiger partial charge on any atom is 0.113 e. The lowest BCUT2D eigenvalue weighted by molar-refractivity contribution is 0.551. The quantitative estimate of drug-likeness (QED) is 0.916. The number of hydrogen-bond donors (Lipinski definition) is 1. The Labute approximate surface area is 108 Å². The molecule has 0 bridgehead atoms. The van der Waals surface area contributed by atoms with E-state index >= 15 is 0 Å². The van der Waals surface area contributed by atoms with Gasteiger partial charge in [-0.15, -0.1) is 11.3 Å². The fourth-order valence-electron chi connectivity index (χ4n) is 1.35. The van der Waals surface area contributed by atoms with E-state index in [9.17, 15) is 0 Å². The van der Waals surface area contributed by atoms with Gasteiger partial charge in [0.15, 0.2) is 0 Å². The maximum absolute atomic E-state index is 6.02.